The maximum atomic E-state index is 11.9. The van der Waals surface area contributed by atoms with Crippen LogP contribution in [0.5, 0.6) is 0 Å². The molecule has 0 aromatic heterocycles. The fourth-order valence-electron chi connectivity index (χ4n) is 1.26. The van der Waals surface area contributed by atoms with Crippen LogP contribution in [0, 0.1) is 0 Å². The third-order valence-corrected chi connectivity index (χ3v) is 2.30. The number of hydrogen-bond donors (Lipinski definition) is 2. The van der Waals surface area contributed by atoms with Gasteiger partial charge in [0, 0.05) is 11.3 Å². The van der Waals surface area contributed by atoms with E-state index in [2.05, 4.69) is 10.1 Å². The quantitative estimate of drug-likeness (QED) is 0.865. The standard InChI is InChI=1S/C12H13F3N2O3/c1-7(20-6-12(13,14)15)11(19)17-9-4-2-8(3-5-9)10(16)18/h2-5,7H,6H2,1H3,(H2,16,18)(H,17,19)/t7-/m0/s1. The number of nitrogens with two attached hydrogens (primary N) is 1. The first-order chi connectivity index (χ1) is 9.19. The number of carbonyl (C=O) groups is 2. The van der Waals surface area contributed by atoms with Gasteiger partial charge in [-0.2, -0.15) is 13.2 Å². The number of alkyl halides is 3. The molecule has 3 N–H and O–H groups in total. The number of hydrogen-bond acceptors (Lipinski definition) is 3. The Labute approximate surface area is 112 Å². The zero-order chi connectivity index (χ0) is 15.3. The molecule has 1 aromatic carbocycles. The SMILES string of the molecule is C[C@H](OCC(F)(F)F)C(=O)Nc1ccc(C(N)=O)cc1. The van der Waals surface area contributed by atoms with Crippen LogP contribution in [0.1, 0.15) is 17.3 Å². The van der Waals surface area contributed by atoms with Crippen molar-refractivity contribution in [2.75, 3.05) is 11.9 Å². The average molecular weight is 290 g/mol. The van der Waals surface area contributed by atoms with Gasteiger partial charge in [0.05, 0.1) is 0 Å². The van der Waals surface area contributed by atoms with Gasteiger partial charge in [-0.15, -0.1) is 0 Å². The Morgan fingerprint density at radius 3 is 2.30 bits per heavy atom. The predicted molar refractivity (Wildman–Crippen MR) is 65.1 cm³/mol. The molecule has 20 heavy (non-hydrogen) atoms. The zero-order valence-electron chi connectivity index (χ0n) is 10.5. The van der Waals surface area contributed by atoms with Gasteiger partial charge in [-0.1, -0.05) is 0 Å². The van der Waals surface area contributed by atoms with Crippen molar-refractivity contribution in [2.45, 2.75) is 19.2 Å². The molecule has 8 heteroatoms. The lowest BCUT2D eigenvalue weighted by atomic mass is 10.2. The summed E-state index contributed by atoms with van der Waals surface area (Å²) in [4.78, 5) is 22.4. The minimum atomic E-state index is -4.49. The lowest BCUT2D eigenvalue weighted by molar-refractivity contribution is -0.184. The lowest BCUT2D eigenvalue weighted by Crippen LogP contribution is -2.31. The first kappa shape index (κ1) is 16.0. The van der Waals surface area contributed by atoms with Crippen molar-refractivity contribution in [3.8, 4) is 0 Å². The van der Waals surface area contributed by atoms with Gasteiger partial charge in [-0.25, -0.2) is 0 Å². The Balaban J connectivity index is 2.55. The summed E-state index contributed by atoms with van der Waals surface area (Å²) in [6.45, 7) is -0.291. The predicted octanol–water partition coefficient (Wildman–Crippen LogP) is 1.69. The molecule has 110 valence electrons. The van der Waals surface area contributed by atoms with E-state index in [1.165, 1.54) is 31.2 Å². The fourth-order valence-corrected chi connectivity index (χ4v) is 1.26. The zero-order valence-corrected chi connectivity index (χ0v) is 10.5. The Hall–Kier alpha value is -2.09. The molecular formula is C12H13F3N2O3. The van der Waals surface area contributed by atoms with Gasteiger partial charge in [0.1, 0.15) is 12.7 Å². The maximum Gasteiger partial charge on any atom is 0.411 e. The van der Waals surface area contributed by atoms with Gasteiger partial charge in [-0.05, 0) is 31.2 Å². The van der Waals surface area contributed by atoms with Crippen LogP contribution in [0.25, 0.3) is 0 Å². The van der Waals surface area contributed by atoms with Gasteiger partial charge in [0.25, 0.3) is 5.91 Å². The van der Waals surface area contributed by atoms with Crippen LogP contribution in [0.3, 0.4) is 0 Å². The number of ether oxygens (including phenoxy) is 1. The van der Waals surface area contributed by atoms with Crippen molar-refractivity contribution in [2.24, 2.45) is 5.73 Å². The van der Waals surface area contributed by atoms with Crippen LogP contribution in [-0.2, 0) is 9.53 Å². The molecule has 0 aliphatic heterocycles. The number of amides is 2. The largest absolute Gasteiger partial charge is 0.411 e. The molecule has 0 saturated carbocycles. The first-order valence-corrected chi connectivity index (χ1v) is 5.58. The summed E-state index contributed by atoms with van der Waals surface area (Å²) in [6, 6.07) is 5.60. The van der Waals surface area contributed by atoms with Crippen LogP contribution >= 0.6 is 0 Å². The molecule has 0 spiro atoms. The molecule has 0 saturated heterocycles. The Morgan fingerprint density at radius 1 is 1.30 bits per heavy atom. The number of primary amides is 1. The molecule has 0 aliphatic rings. The Kier molecular flexibility index (Phi) is 5.09. The van der Waals surface area contributed by atoms with Gasteiger partial charge >= 0.3 is 6.18 Å². The summed E-state index contributed by atoms with van der Waals surface area (Å²) in [7, 11) is 0. The minimum Gasteiger partial charge on any atom is -0.366 e. The number of carbonyl (C=O) groups excluding carboxylic acids is 2. The molecule has 1 atom stereocenters. The van der Waals surface area contributed by atoms with Crippen LogP contribution in [0.4, 0.5) is 18.9 Å². The monoisotopic (exact) mass is 290 g/mol. The fraction of sp³-hybridized carbons (Fsp3) is 0.333. The average Bonchev–Trinajstić information content (AvgIpc) is 2.35. The summed E-state index contributed by atoms with van der Waals surface area (Å²) >= 11 is 0. The summed E-state index contributed by atoms with van der Waals surface area (Å²) < 4.78 is 40.2. The minimum absolute atomic E-state index is 0.254. The van der Waals surface area contributed by atoms with E-state index in [1.54, 1.807) is 0 Å². The highest BCUT2D eigenvalue weighted by molar-refractivity contribution is 5.96. The smallest absolute Gasteiger partial charge is 0.366 e. The molecule has 5 nitrogen and oxygen atoms in total. The van der Waals surface area contributed by atoms with Crippen molar-refractivity contribution < 1.29 is 27.5 Å². The van der Waals surface area contributed by atoms with E-state index in [1.807, 2.05) is 0 Å². The third-order valence-electron chi connectivity index (χ3n) is 2.30. The van der Waals surface area contributed by atoms with Crippen molar-refractivity contribution in [1.29, 1.82) is 0 Å². The summed E-state index contributed by atoms with van der Waals surface area (Å²) in [5.41, 5.74) is 5.62. The van der Waals surface area contributed by atoms with Crippen LogP contribution in [0.2, 0.25) is 0 Å². The molecule has 0 heterocycles. The summed E-state index contributed by atoms with van der Waals surface area (Å²) in [5.74, 6) is -1.34. The molecule has 0 bridgehead atoms. The molecule has 0 radical (unpaired) electrons. The van der Waals surface area contributed by atoms with Crippen molar-refractivity contribution >= 4 is 17.5 Å². The first-order valence-electron chi connectivity index (χ1n) is 5.58. The van der Waals surface area contributed by atoms with E-state index in [-0.39, 0.29) is 5.56 Å². The van der Waals surface area contributed by atoms with E-state index in [4.69, 9.17) is 5.73 Å². The van der Waals surface area contributed by atoms with Crippen LogP contribution < -0.4 is 11.1 Å². The Bertz CT molecular complexity index is 486. The second-order valence-electron chi connectivity index (χ2n) is 4.00. The Morgan fingerprint density at radius 2 is 1.85 bits per heavy atom. The number of nitrogens with one attached hydrogen (secondary N) is 1. The van der Waals surface area contributed by atoms with E-state index < -0.39 is 30.7 Å². The van der Waals surface area contributed by atoms with Crippen LogP contribution in [0.15, 0.2) is 24.3 Å². The van der Waals surface area contributed by atoms with Crippen molar-refractivity contribution in [3.05, 3.63) is 29.8 Å². The van der Waals surface area contributed by atoms with E-state index in [0.29, 0.717) is 5.69 Å². The second kappa shape index (κ2) is 6.38. The van der Waals surface area contributed by atoms with Crippen molar-refractivity contribution in [3.63, 3.8) is 0 Å². The topological polar surface area (TPSA) is 81.4 Å². The third kappa shape index (κ3) is 5.27. The highest BCUT2D eigenvalue weighted by Crippen LogP contribution is 2.16. The molecule has 1 aromatic rings. The van der Waals surface area contributed by atoms with Gasteiger partial charge in [0.2, 0.25) is 5.91 Å². The van der Waals surface area contributed by atoms with Gasteiger partial charge in [0.15, 0.2) is 0 Å². The number of rotatable bonds is 5. The molecule has 0 fully saturated rings. The number of halogens is 3. The maximum absolute atomic E-state index is 11.9. The molecule has 1 rings (SSSR count). The second-order valence-corrected chi connectivity index (χ2v) is 4.00. The van der Waals surface area contributed by atoms with Crippen molar-refractivity contribution in [1.82, 2.24) is 0 Å². The van der Waals surface area contributed by atoms with Gasteiger partial charge in [-0.3, -0.25) is 9.59 Å². The van der Waals surface area contributed by atoms with E-state index >= 15 is 0 Å². The van der Waals surface area contributed by atoms with E-state index in [0.717, 1.165) is 0 Å². The molecule has 0 aliphatic carbocycles. The van der Waals surface area contributed by atoms with Gasteiger partial charge < -0.3 is 15.8 Å². The number of anilines is 1. The highest BCUT2D eigenvalue weighted by Gasteiger charge is 2.29. The normalized spacial score (nSPS) is 12.8. The lowest BCUT2D eigenvalue weighted by Gasteiger charge is -2.14. The molecule has 2 amide bonds. The highest BCUT2D eigenvalue weighted by atomic mass is 19.4. The molecule has 0 unspecified atom stereocenters. The van der Waals surface area contributed by atoms with E-state index in [9.17, 15) is 22.8 Å². The number of benzene rings is 1. The summed E-state index contributed by atoms with van der Waals surface area (Å²) in [5, 5.41) is 2.36. The van der Waals surface area contributed by atoms with Crippen LogP contribution in [-0.4, -0.2) is 30.7 Å². The summed E-state index contributed by atoms with van der Waals surface area (Å²) in [6.07, 6.45) is -5.75. The molecular weight excluding hydrogens is 277 g/mol.